The van der Waals surface area contributed by atoms with Gasteiger partial charge >= 0.3 is 6.18 Å². The molecule has 0 saturated heterocycles. The fourth-order valence-electron chi connectivity index (χ4n) is 5.07. The molecule has 210 valence electrons. The number of alkyl halides is 3. The van der Waals surface area contributed by atoms with Crippen molar-refractivity contribution in [3.05, 3.63) is 59.7 Å². The Kier molecular flexibility index (Phi) is 7.26. The van der Waals surface area contributed by atoms with E-state index in [0.29, 0.717) is 18.9 Å². The summed E-state index contributed by atoms with van der Waals surface area (Å²) in [7, 11) is 0. The standard InChI is InChI=1S/C30H37F3N4O2/c1-18(2)17-24(26(38)37-29(34)15-16-29)36-25(30(31,32)33)21-5-3-19(4-6-21)20-7-9-22(10-8-20)28(13-14-28)27(39)35-23-11-12-23/h3-10,18,23-25,36H,11-17,34H2,1-2H3,(H,35,39)(H,37,38)/t24-,25-/m0/s1. The normalized spacial score (nSPS) is 20.7. The second-order valence-corrected chi connectivity index (χ2v) is 12.0. The average Bonchev–Trinajstić information content (AvgIpc) is 3.74. The summed E-state index contributed by atoms with van der Waals surface area (Å²) in [4.78, 5) is 25.5. The molecule has 2 aromatic carbocycles. The van der Waals surface area contributed by atoms with Crippen molar-refractivity contribution in [2.75, 3.05) is 0 Å². The molecular weight excluding hydrogens is 505 g/mol. The third-order valence-electron chi connectivity index (χ3n) is 7.99. The van der Waals surface area contributed by atoms with Crippen molar-refractivity contribution in [1.82, 2.24) is 16.0 Å². The van der Waals surface area contributed by atoms with Crippen molar-refractivity contribution in [2.24, 2.45) is 11.7 Å². The van der Waals surface area contributed by atoms with Crippen molar-refractivity contribution < 1.29 is 22.8 Å². The molecule has 0 bridgehead atoms. The van der Waals surface area contributed by atoms with Crippen molar-refractivity contribution in [1.29, 1.82) is 0 Å². The molecule has 5 rings (SSSR count). The van der Waals surface area contributed by atoms with Gasteiger partial charge in [-0.2, -0.15) is 13.2 Å². The first-order valence-corrected chi connectivity index (χ1v) is 13.8. The fraction of sp³-hybridized carbons (Fsp3) is 0.533. The van der Waals surface area contributed by atoms with Gasteiger partial charge in [0, 0.05) is 6.04 Å². The Hall–Kier alpha value is -2.91. The number of benzene rings is 2. The lowest BCUT2D eigenvalue weighted by atomic mass is 9.92. The van der Waals surface area contributed by atoms with Crippen LogP contribution in [0, 0.1) is 5.92 Å². The van der Waals surface area contributed by atoms with Gasteiger partial charge in [0.15, 0.2) is 0 Å². The van der Waals surface area contributed by atoms with E-state index in [0.717, 1.165) is 42.4 Å². The van der Waals surface area contributed by atoms with Crippen LogP contribution in [0.3, 0.4) is 0 Å². The Morgan fingerprint density at radius 2 is 1.51 bits per heavy atom. The molecule has 9 heteroatoms. The van der Waals surface area contributed by atoms with Crippen LogP contribution < -0.4 is 21.7 Å². The second-order valence-electron chi connectivity index (χ2n) is 12.0. The van der Waals surface area contributed by atoms with E-state index < -0.39 is 35.2 Å². The molecule has 0 aromatic heterocycles. The van der Waals surface area contributed by atoms with Gasteiger partial charge in [0.2, 0.25) is 11.8 Å². The molecule has 3 aliphatic carbocycles. The van der Waals surface area contributed by atoms with Crippen LogP contribution in [0.2, 0.25) is 0 Å². The molecule has 0 aliphatic heterocycles. The first-order chi connectivity index (χ1) is 18.4. The molecule has 3 saturated carbocycles. The number of hydrogen-bond donors (Lipinski definition) is 4. The number of hydrogen-bond acceptors (Lipinski definition) is 4. The van der Waals surface area contributed by atoms with Crippen LogP contribution in [0.5, 0.6) is 0 Å². The third kappa shape index (κ3) is 6.47. The van der Waals surface area contributed by atoms with Gasteiger partial charge in [-0.1, -0.05) is 62.4 Å². The second kappa shape index (κ2) is 10.2. The lowest BCUT2D eigenvalue weighted by Gasteiger charge is -2.29. The minimum atomic E-state index is -4.60. The van der Waals surface area contributed by atoms with Gasteiger partial charge in [0.25, 0.3) is 0 Å². The molecular formula is C30H37F3N4O2. The topological polar surface area (TPSA) is 96.2 Å². The molecule has 3 aliphatic rings. The largest absolute Gasteiger partial charge is 0.407 e. The van der Waals surface area contributed by atoms with Crippen LogP contribution in [0.15, 0.2) is 48.5 Å². The number of rotatable bonds is 11. The van der Waals surface area contributed by atoms with E-state index >= 15 is 0 Å². The van der Waals surface area contributed by atoms with Gasteiger partial charge in [-0.25, -0.2) is 0 Å². The fourth-order valence-corrected chi connectivity index (χ4v) is 5.07. The van der Waals surface area contributed by atoms with Gasteiger partial charge in [0.1, 0.15) is 6.04 Å². The molecule has 2 amide bonds. The molecule has 0 heterocycles. The highest BCUT2D eigenvalue weighted by atomic mass is 19.4. The minimum absolute atomic E-state index is 0.00923. The van der Waals surface area contributed by atoms with Crippen LogP contribution in [-0.2, 0) is 15.0 Å². The number of amides is 2. The average molecular weight is 543 g/mol. The Balaban J connectivity index is 1.30. The third-order valence-corrected chi connectivity index (χ3v) is 7.99. The van der Waals surface area contributed by atoms with Crippen LogP contribution in [0.1, 0.15) is 76.0 Å². The monoisotopic (exact) mass is 542 g/mol. The molecule has 6 nitrogen and oxygen atoms in total. The number of nitrogens with one attached hydrogen (secondary N) is 3. The first-order valence-electron chi connectivity index (χ1n) is 13.8. The summed E-state index contributed by atoms with van der Waals surface area (Å²) in [5.41, 5.74) is 7.37. The van der Waals surface area contributed by atoms with Gasteiger partial charge in [-0.05, 0) is 73.1 Å². The van der Waals surface area contributed by atoms with Gasteiger partial charge < -0.3 is 16.4 Å². The summed E-state index contributed by atoms with van der Waals surface area (Å²) in [5, 5.41) is 8.38. The molecule has 5 N–H and O–H groups in total. The van der Waals surface area contributed by atoms with E-state index in [1.54, 1.807) is 12.1 Å². The van der Waals surface area contributed by atoms with Crippen molar-refractivity contribution in [3.8, 4) is 11.1 Å². The van der Waals surface area contributed by atoms with Crippen LogP contribution in [0.4, 0.5) is 13.2 Å². The highest BCUT2D eigenvalue weighted by Gasteiger charge is 2.52. The van der Waals surface area contributed by atoms with Crippen LogP contribution >= 0.6 is 0 Å². The molecule has 0 unspecified atom stereocenters. The van der Waals surface area contributed by atoms with Crippen molar-refractivity contribution in [3.63, 3.8) is 0 Å². The first kappa shape index (κ1) is 27.6. The quantitative estimate of drug-likeness (QED) is 0.306. The van der Waals surface area contributed by atoms with E-state index in [2.05, 4.69) is 16.0 Å². The van der Waals surface area contributed by atoms with E-state index in [-0.39, 0.29) is 23.8 Å². The minimum Gasteiger partial charge on any atom is -0.353 e. The van der Waals surface area contributed by atoms with E-state index in [1.807, 2.05) is 38.1 Å². The van der Waals surface area contributed by atoms with E-state index in [9.17, 15) is 22.8 Å². The van der Waals surface area contributed by atoms with Crippen LogP contribution in [-0.4, -0.2) is 35.7 Å². The molecule has 3 fully saturated rings. The Labute approximate surface area is 227 Å². The summed E-state index contributed by atoms with van der Waals surface area (Å²) < 4.78 is 42.6. The van der Waals surface area contributed by atoms with E-state index in [1.165, 1.54) is 12.1 Å². The number of carbonyl (C=O) groups is 2. The van der Waals surface area contributed by atoms with Gasteiger partial charge in [-0.15, -0.1) is 0 Å². The number of carbonyl (C=O) groups excluding carboxylic acids is 2. The zero-order chi connectivity index (χ0) is 28.0. The predicted octanol–water partition coefficient (Wildman–Crippen LogP) is 4.84. The van der Waals surface area contributed by atoms with E-state index in [4.69, 9.17) is 5.73 Å². The van der Waals surface area contributed by atoms with Crippen molar-refractivity contribution in [2.45, 2.75) is 94.2 Å². The lowest BCUT2D eigenvalue weighted by molar-refractivity contribution is -0.161. The molecule has 39 heavy (non-hydrogen) atoms. The maximum Gasteiger partial charge on any atom is 0.407 e. The SMILES string of the molecule is CC(C)C[C@H](N[C@@H](c1ccc(-c2ccc(C3(C(=O)NC4CC4)CC3)cc2)cc1)C(F)(F)F)C(=O)NC1(N)CC1. The maximum atomic E-state index is 14.2. The Morgan fingerprint density at radius 1 is 0.949 bits per heavy atom. The summed E-state index contributed by atoms with van der Waals surface area (Å²) in [6.07, 6.45) is 0.626. The summed E-state index contributed by atoms with van der Waals surface area (Å²) in [6.45, 7) is 3.73. The van der Waals surface area contributed by atoms with Crippen molar-refractivity contribution >= 4 is 11.8 Å². The highest BCUT2D eigenvalue weighted by Crippen LogP contribution is 2.49. The van der Waals surface area contributed by atoms with Crippen LogP contribution in [0.25, 0.3) is 11.1 Å². The zero-order valence-electron chi connectivity index (χ0n) is 22.4. The maximum absolute atomic E-state index is 14.2. The molecule has 0 spiro atoms. The number of nitrogens with two attached hydrogens (primary N) is 1. The molecule has 2 atom stereocenters. The predicted molar refractivity (Wildman–Crippen MR) is 143 cm³/mol. The molecule has 0 radical (unpaired) electrons. The lowest BCUT2D eigenvalue weighted by Crippen LogP contribution is -2.54. The summed E-state index contributed by atoms with van der Waals surface area (Å²) >= 11 is 0. The smallest absolute Gasteiger partial charge is 0.353 e. The van der Waals surface area contributed by atoms with Gasteiger partial charge in [-0.3, -0.25) is 14.9 Å². The zero-order valence-corrected chi connectivity index (χ0v) is 22.4. The Morgan fingerprint density at radius 3 is 1.97 bits per heavy atom. The number of halogens is 3. The summed E-state index contributed by atoms with van der Waals surface area (Å²) in [5.74, 6) is -0.403. The van der Waals surface area contributed by atoms with Gasteiger partial charge in [0.05, 0.1) is 17.1 Å². The summed E-state index contributed by atoms with van der Waals surface area (Å²) in [6, 6.07) is 11.2. The molecule has 2 aromatic rings. The highest BCUT2D eigenvalue weighted by molar-refractivity contribution is 5.91. The Bertz CT molecular complexity index is 1200.